The van der Waals surface area contributed by atoms with Gasteiger partial charge < -0.3 is 5.32 Å². The summed E-state index contributed by atoms with van der Waals surface area (Å²) in [5.41, 5.74) is 0.556. The standard InChI is InChI=1S/C11H18BrN3OS/c1-7(2)8-9(17-15-14-8)10(16)13-11(3,4)5-6-12/h7H,5-6H2,1-4H3,(H,13,16). The Kier molecular flexibility index (Phi) is 5.06. The monoisotopic (exact) mass is 319 g/mol. The molecule has 0 aliphatic heterocycles. The van der Waals surface area contributed by atoms with Crippen LogP contribution in [0, 0.1) is 0 Å². The third kappa shape index (κ3) is 4.03. The van der Waals surface area contributed by atoms with Crippen LogP contribution in [0.1, 0.15) is 55.4 Å². The first-order chi connectivity index (χ1) is 7.87. The summed E-state index contributed by atoms with van der Waals surface area (Å²) >= 11 is 4.55. The highest BCUT2D eigenvalue weighted by atomic mass is 79.9. The Hall–Kier alpha value is -0.490. The van der Waals surface area contributed by atoms with E-state index < -0.39 is 0 Å². The fraction of sp³-hybridized carbons (Fsp3) is 0.727. The van der Waals surface area contributed by atoms with E-state index in [1.807, 2.05) is 27.7 Å². The van der Waals surface area contributed by atoms with E-state index in [4.69, 9.17) is 0 Å². The molecule has 1 rings (SSSR count). The Labute approximate surface area is 114 Å². The summed E-state index contributed by atoms with van der Waals surface area (Å²) in [5, 5.41) is 7.89. The first-order valence-corrected chi connectivity index (χ1v) is 7.47. The second-order valence-electron chi connectivity index (χ2n) is 4.92. The molecule has 0 fully saturated rings. The molecule has 0 atom stereocenters. The maximum absolute atomic E-state index is 12.1. The van der Waals surface area contributed by atoms with Crippen molar-refractivity contribution >= 4 is 33.4 Å². The van der Waals surface area contributed by atoms with Crippen LogP contribution in [0.15, 0.2) is 0 Å². The molecule has 1 N–H and O–H groups in total. The molecule has 1 aromatic heterocycles. The van der Waals surface area contributed by atoms with Crippen molar-refractivity contribution in [2.45, 2.75) is 45.6 Å². The molecule has 0 bridgehead atoms. The van der Waals surface area contributed by atoms with E-state index in [2.05, 4.69) is 30.8 Å². The maximum atomic E-state index is 12.1. The van der Waals surface area contributed by atoms with Gasteiger partial charge in [-0.2, -0.15) is 0 Å². The van der Waals surface area contributed by atoms with Gasteiger partial charge in [0, 0.05) is 10.9 Å². The van der Waals surface area contributed by atoms with Crippen LogP contribution in [0.2, 0.25) is 0 Å². The van der Waals surface area contributed by atoms with Crippen molar-refractivity contribution in [2.24, 2.45) is 0 Å². The number of nitrogens with one attached hydrogen (secondary N) is 1. The van der Waals surface area contributed by atoms with Gasteiger partial charge in [-0.15, -0.1) is 5.10 Å². The van der Waals surface area contributed by atoms with E-state index in [9.17, 15) is 4.79 Å². The van der Waals surface area contributed by atoms with E-state index in [0.717, 1.165) is 29.0 Å². The number of hydrogen-bond acceptors (Lipinski definition) is 4. The zero-order valence-corrected chi connectivity index (χ0v) is 13.0. The molecular formula is C11H18BrN3OS. The molecule has 0 saturated heterocycles. The van der Waals surface area contributed by atoms with Crippen LogP contribution in [0.3, 0.4) is 0 Å². The summed E-state index contributed by atoms with van der Waals surface area (Å²) in [6.07, 6.45) is 0.877. The van der Waals surface area contributed by atoms with E-state index in [1.54, 1.807) is 0 Å². The molecule has 1 heterocycles. The Balaban J connectivity index is 2.80. The third-order valence-electron chi connectivity index (χ3n) is 2.44. The minimum Gasteiger partial charge on any atom is -0.346 e. The Bertz CT molecular complexity index is 390. The van der Waals surface area contributed by atoms with Crippen molar-refractivity contribution in [1.29, 1.82) is 0 Å². The summed E-state index contributed by atoms with van der Waals surface area (Å²) in [6.45, 7) is 8.04. The lowest BCUT2D eigenvalue weighted by Crippen LogP contribution is -2.43. The number of hydrogen-bond donors (Lipinski definition) is 1. The lowest BCUT2D eigenvalue weighted by atomic mass is 10.0. The number of aromatic nitrogens is 2. The van der Waals surface area contributed by atoms with Gasteiger partial charge in [-0.25, -0.2) is 0 Å². The first-order valence-electron chi connectivity index (χ1n) is 5.58. The zero-order valence-electron chi connectivity index (χ0n) is 10.6. The highest BCUT2D eigenvalue weighted by Crippen LogP contribution is 2.21. The van der Waals surface area contributed by atoms with Crippen molar-refractivity contribution in [2.75, 3.05) is 5.33 Å². The molecule has 6 heteroatoms. The van der Waals surface area contributed by atoms with Crippen LogP contribution >= 0.6 is 27.5 Å². The van der Waals surface area contributed by atoms with Gasteiger partial charge in [-0.05, 0) is 37.7 Å². The second kappa shape index (κ2) is 5.91. The zero-order chi connectivity index (χ0) is 13.1. The first kappa shape index (κ1) is 14.6. The highest BCUT2D eigenvalue weighted by molar-refractivity contribution is 9.09. The number of carbonyl (C=O) groups excluding carboxylic acids is 1. The number of rotatable bonds is 5. The third-order valence-corrected chi connectivity index (χ3v) is 3.57. The molecule has 0 radical (unpaired) electrons. The Morgan fingerprint density at radius 1 is 1.53 bits per heavy atom. The topological polar surface area (TPSA) is 54.9 Å². The summed E-state index contributed by atoms with van der Waals surface area (Å²) in [4.78, 5) is 12.8. The quantitative estimate of drug-likeness (QED) is 0.849. The second-order valence-corrected chi connectivity index (χ2v) is 6.47. The highest BCUT2D eigenvalue weighted by Gasteiger charge is 2.24. The van der Waals surface area contributed by atoms with Crippen molar-refractivity contribution < 1.29 is 4.79 Å². The Morgan fingerprint density at radius 3 is 2.71 bits per heavy atom. The van der Waals surface area contributed by atoms with Gasteiger partial charge in [0.05, 0.1) is 5.69 Å². The summed E-state index contributed by atoms with van der Waals surface area (Å²) in [6, 6.07) is 0. The molecule has 0 aliphatic carbocycles. The molecule has 96 valence electrons. The molecular weight excluding hydrogens is 302 g/mol. The van der Waals surface area contributed by atoms with E-state index >= 15 is 0 Å². The molecule has 0 saturated carbocycles. The minimum absolute atomic E-state index is 0.0744. The molecule has 1 amide bonds. The summed E-state index contributed by atoms with van der Waals surface area (Å²) < 4.78 is 3.86. The van der Waals surface area contributed by atoms with Crippen LogP contribution in [-0.2, 0) is 0 Å². The number of carbonyl (C=O) groups is 1. The molecule has 0 spiro atoms. The normalized spacial score (nSPS) is 11.9. The molecule has 0 unspecified atom stereocenters. The number of alkyl halides is 1. The SMILES string of the molecule is CC(C)c1nnsc1C(=O)NC(C)(C)CCBr. The van der Waals surface area contributed by atoms with Crippen molar-refractivity contribution in [1.82, 2.24) is 14.9 Å². The minimum atomic E-state index is -0.223. The molecule has 0 aliphatic rings. The maximum Gasteiger partial charge on any atom is 0.265 e. The van der Waals surface area contributed by atoms with Gasteiger partial charge in [-0.3, -0.25) is 4.79 Å². The van der Waals surface area contributed by atoms with E-state index in [-0.39, 0.29) is 17.4 Å². The molecule has 17 heavy (non-hydrogen) atoms. The van der Waals surface area contributed by atoms with Crippen molar-refractivity contribution in [3.8, 4) is 0 Å². The van der Waals surface area contributed by atoms with E-state index in [0.29, 0.717) is 4.88 Å². The van der Waals surface area contributed by atoms with Gasteiger partial charge >= 0.3 is 0 Å². The van der Waals surface area contributed by atoms with E-state index in [1.165, 1.54) is 0 Å². The average Bonchev–Trinajstić information content (AvgIpc) is 2.64. The largest absolute Gasteiger partial charge is 0.346 e. The van der Waals surface area contributed by atoms with Crippen LogP contribution in [0.5, 0.6) is 0 Å². The number of halogens is 1. The lowest BCUT2D eigenvalue weighted by Gasteiger charge is -2.25. The van der Waals surface area contributed by atoms with Crippen molar-refractivity contribution in [3.05, 3.63) is 10.6 Å². The molecule has 1 aromatic rings. The average molecular weight is 320 g/mol. The Morgan fingerprint density at radius 2 is 2.18 bits per heavy atom. The van der Waals surface area contributed by atoms with Crippen LogP contribution in [-0.4, -0.2) is 26.4 Å². The van der Waals surface area contributed by atoms with Gasteiger partial charge in [0.25, 0.3) is 5.91 Å². The molecule has 4 nitrogen and oxygen atoms in total. The van der Waals surface area contributed by atoms with Crippen LogP contribution in [0.25, 0.3) is 0 Å². The lowest BCUT2D eigenvalue weighted by molar-refractivity contribution is 0.0914. The summed E-state index contributed by atoms with van der Waals surface area (Å²) in [7, 11) is 0. The van der Waals surface area contributed by atoms with Crippen molar-refractivity contribution in [3.63, 3.8) is 0 Å². The van der Waals surface area contributed by atoms with Gasteiger partial charge in [-0.1, -0.05) is 34.3 Å². The predicted molar refractivity (Wildman–Crippen MR) is 74.0 cm³/mol. The number of nitrogens with zero attached hydrogens (tertiary/aromatic N) is 2. The van der Waals surface area contributed by atoms with Crippen LogP contribution < -0.4 is 5.32 Å². The fourth-order valence-electron chi connectivity index (χ4n) is 1.40. The smallest absolute Gasteiger partial charge is 0.265 e. The number of amides is 1. The summed E-state index contributed by atoms with van der Waals surface area (Å²) in [5.74, 6) is 0.142. The predicted octanol–water partition coefficient (Wildman–Crippen LogP) is 2.95. The molecule has 0 aromatic carbocycles. The fourth-order valence-corrected chi connectivity index (χ4v) is 3.10. The van der Waals surface area contributed by atoms with Gasteiger partial charge in [0.15, 0.2) is 0 Å². The van der Waals surface area contributed by atoms with Crippen LogP contribution in [0.4, 0.5) is 0 Å². The van der Waals surface area contributed by atoms with Gasteiger partial charge in [0.1, 0.15) is 4.88 Å². The van der Waals surface area contributed by atoms with Gasteiger partial charge in [0.2, 0.25) is 0 Å².